The SMILES string of the molecule is O=S(=O)(NCC1(O)CCOCC1)c1ccccc1. The summed E-state index contributed by atoms with van der Waals surface area (Å²) in [4.78, 5) is 0.209. The van der Waals surface area contributed by atoms with Crippen LogP contribution in [0, 0.1) is 0 Å². The number of hydrogen-bond donors (Lipinski definition) is 2. The van der Waals surface area contributed by atoms with Gasteiger partial charge in [0.2, 0.25) is 10.0 Å². The molecule has 2 rings (SSSR count). The van der Waals surface area contributed by atoms with Gasteiger partial charge in [0.15, 0.2) is 0 Å². The summed E-state index contributed by atoms with van der Waals surface area (Å²) in [7, 11) is -3.55. The van der Waals surface area contributed by atoms with Crippen LogP contribution >= 0.6 is 0 Å². The molecule has 100 valence electrons. The first kappa shape index (κ1) is 13.5. The van der Waals surface area contributed by atoms with Crippen molar-refractivity contribution in [3.05, 3.63) is 30.3 Å². The fraction of sp³-hybridized carbons (Fsp3) is 0.500. The topological polar surface area (TPSA) is 75.6 Å². The molecule has 0 aliphatic carbocycles. The third-order valence-corrected chi connectivity index (χ3v) is 4.49. The Labute approximate surface area is 107 Å². The van der Waals surface area contributed by atoms with Crippen LogP contribution in [0.25, 0.3) is 0 Å². The van der Waals surface area contributed by atoms with Crippen molar-refractivity contribution in [3.8, 4) is 0 Å². The molecule has 0 radical (unpaired) electrons. The number of sulfonamides is 1. The second-order valence-electron chi connectivity index (χ2n) is 4.47. The third-order valence-electron chi connectivity index (χ3n) is 3.07. The molecule has 6 heteroatoms. The van der Waals surface area contributed by atoms with Crippen LogP contribution < -0.4 is 4.72 Å². The largest absolute Gasteiger partial charge is 0.388 e. The Morgan fingerprint density at radius 3 is 2.44 bits per heavy atom. The normalized spacial score (nSPS) is 19.6. The maximum Gasteiger partial charge on any atom is 0.240 e. The predicted octanol–water partition coefficient (Wildman–Crippen LogP) is 0.506. The molecule has 1 saturated heterocycles. The molecular formula is C12H17NO4S. The highest BCUT2D eigenvalue weighted by molar-refractivity contribution is 7.89. The molecule has 1 fully saturated rings. The summed E-state index contributed by atoms with van der Waals surface area (Å²) >= 11 is 0. The lowest BCUT2D eigenvalue weighted by Gasteiger charge is -2.31. The number of hydrogen-bond acceptors (Lipinski definition) is 4. The van der Waals surface area contributed by atoms with Gasteiger partial charge >= 0.3 is 0 Å². The van der Waals surface area contributed by atoms with E-state index in [9.17, 15) is 13.5 Å². The molecular weight excluding hydrogens is 254 g/mol. The maximum absolute atomic E-state index is 12.0. The number of ether oxygens (including phenoxy) is 1. The smallest absolute Gasteiger partial charge is 0.240 e. The zero-order valence-corrected chi connectivity index (χ0v) is 10.8. The summed E-state index contributed by atoms with van der Waals surface area (Å²) in [6.07, 6.45) is 0.897. The summed E-state index contributed by atoms with van der Waals surface area (Å²) in [6.45, 7) is 0.945. The number of nitrogens with one attached hydrogen (secondary N) is 1. The van der Waals surface area contributed by atoms with Crippen LogP contribution in [0.1, 0.15) is 12.8 Å². The molecule has 1 aliphatic heterocycles. The Hall–Kier alpha value is -0.950. The van der Waals surface area contributed by atoms with Crippen LogP contribution in [0.5, 0.6) is 0 Å². The highest BCUT2D eigenvalue weighted by atomic mass is 32.2. The first-order valence-electron chi connectivity index (χ1n) is 5.87. The Balaban J connectivity index is 2.01. The van der Waals surface area contributed by atoms with Gasteiger partial charge in [-0.15, -0.1) is 0 Å². The molecule has 1 aliphatic rings. The Bertz CT molecular complexity index is 480. The second-order valence-corrected chi connectivity index (χ2v) is 6.24. The number of benzene rings is 1. The van der Waals surface area contributed by atoms with Crippen molar-refractivity contribution in [2.45, 2.75) is 23.3 Å². The number of aliphatic hydroxyl groups is 1. The lowest BCUT2D eigenvalue weighted by Crippen LogP contribution is -2.46. The van der Waals surface area contributed by atoms with Crippen molar-refractivity contribution in [2.75, 3.05) is 19.8 Å². The molecule has 1 heterocycles. The molecule has 2 N–H and O–H groups in total. The van der Waals surface area contributed by atoms with Crippen molar-refractivity contribution in [1.82, 2.24) is 4.72 Å². The predicted molar refractivity (Wildman–Crippen MR) is 66.6 cm³/mol. The highest BCUT2D eigenvalue weighted by Crippen LogP contribution is 2.20. The fourth-order valence-electron chi connectivity index (χ4n) is 1.84. The average molecular weight is 271 g/mol. The van der Waals surface area contributed by atoms with Crippen LogP contribution in [0.15, 0.2) is 35.2 Å². The molecule has 5 nitrogen and oxygen atoms in total. The lowest BCUT2D eigenvalue weighted by atomic mass is 9.95. The molecule has 0 amide bonds. The van der Waals surface area contributed by atoms with E-state index >= 15 is 0 Å². The first-order valence-corrected chi connectivity index (χ1v) is 7.35. The summed E-state index contributed by atoms with van der Waals surface area (Å²) in [6, 6.07) is 8.13. The zero-order chi connectivity index (χ0) is 13.1. The quantitative estimate of drug-likeness (QED) is 0.836. The third kappa shape index (κ3) is 3.29. The minimum atomic E-state index is -3.55. The molecule has 1 aromatic carbocycles. The van der Waals surface area contributed by atoms with Crippen LogP contribution in [-0.2, 0) is 14.8 Å². The van der Waals surface area contributed by atoms with Gasteiger partial charge in [0, 0.05) is 32.6 Å². The van der Waals surface area contributed by atoms with Crippen LogP contribution in [0.3, 0.4) is 0 Å². The van der Waals surface area contributed by atoms with Crippen molar-refractivity contribution >= 4 is 10.0 Å². The summed E-state index contributed by atoms with van der Waals surface area (Å²) in [5.74, 6) is 0. The zero-order valence-electron chi connectivity index (χ0n) is 10.0. The van der Waals surface area contributed by atoms with Crippen LogP contribution in [-0.4, -0.2) is 38.9 Å². The average Bonchev–Trinajstić information content (AvgIpc) is 2.39. The van der Waals surface area contributed by atoms with Crippen molar-refractivity contribution in [2.24, 2.45) is 0 Å². The monoisotopic (exact) mass is 271 g/mol. The van der Waals surface area contributed by atoms with Crippen LogP contribution in [0.4, 0.5) is 0 Å². The van der Waals surface area contributed by atoms with Crippen LogP contribution in [0.2, 0.25) is 0 Å². The van der Waals surface area contributed by atoms with Gasteiger partial charge in [-0.25, -0.2) is 13.1 Å². The van der Waals surface area contributed by atoms with E-state index in [-0.39, 0.29) is 11.4 Å². The van der Waals surface area contributed by atoms with Crippen molar-refractivity contribution < 1.29 is 18.3 Å². The molecule has 0 bridgehead atoms. The van der Waals surface area contributed by atoms with E-state index in [4.69, 9.17) is 4.74 Å². The van der Waals surface area contributed by atoms with E-state index < -0.39 is 15.6 Å². The van der Waals surface area contributed by atoms with Crippen molar-refractivity contribution in [1.29, 1.82) is 0 Å². The first-order chi connectivity index (χ1) is 8.52. The maximum atomic E-state index is 12.0. The van der Waals surface area contributed by atoms with Gasteiger partial charge in [-0.1, -0.05) is 18.2 Å². The van der Waals surface area contributed by atoms with Gasteiger partial charge in [0.05, 0.1) is 10.5 Å². The van der Waals surface area contributed by atoms with E-state index in [2.05, 4.69) is 4.72 Å². The van der Waals surface area contributed by atoms with Crippen molar-refractivity contribution in [3.63, 3.8) is 0 Å². The standard InChI is InChI=1S/C12H17NO4S/c14-12(6-8-17-9-7-12)10-13-18(15,16)11-4-2-1-3-5-11/h1-5,13-14H,6-10H2. The summed E-state index contributed by atoms with van der Waals surface area (Å²) < 4.78 is 31.5. The molecule has 0 atom stereocenters. The molecule has 0 saturated carbocycles. The lowest BCUT2D eigenvalue weighted by molar-refractivity contribution is -0.0588. The Morgan fingerprint density at radius 1 is 1.22 bits per heavy atom. The Morgan fingerprint density at radius 2 is 1.83 bits per heavy atom. The van der Waals surface area contributed by atoms with Gasteiger partial charge < -0.3 is 9.84 Å². The van der Waals surface area contributed by atoms with E-state index in [0.29, 0.717) is 26.1 Å². The summed E-state index contributed by atoms with van der Waals surface area (Å²) in [5.41, 5.74) is -1.000. The van der Waals surface area contributed by atoms with Gasteiger partial charge in [-0.2, -0.15) is 0 Å². The molecule has 18 heavy (non-hydrogen) atoms. The fourth-order valence-corrected chi connectivity index (χ4v) is 2.98. The van der Waals surface area contributed by atoms with Gasteiger partial charge in [-0.05, 0) is 12.1 Å². The van der Waals surface area contributed by atoms with E-state index in [1.807, 2.05) is 0 Å². The minimum absolute atomic E-state index is 0.0214. The molecule has 0 aromatic heterocycles. The summed E-state index contributed by atoms with van der Waals surface area (Å²) in [5, 5.41) is 10.2. The van der Waals surface area contributed by atoms with E-state index in [1.54, 1.807) is 18.2 Å². The van der Waals surface area contributed by atoms with E-state index in [0.717, 1.165) is 0 Å². The Kier molecular flexibility index (Phi) is 4.01. The molecule has 0 spiro atoms. The van der Waals surface area contributed by atoms with E-state index in [1.165, 1.54) is 12.1 Å². The molecule has 0 unspecified atom stereocenters. The highest BCUT2D eigenvalue weighted by Gasteiger charge is 2.31. The van der Waals surface area contributed by atoms with Gasteiger partial charge in [-0.3, -0.25) is 0 Å². The molecule has 1 aromatic rings. The van der Waals surface area contributed by atoms with Gasteiger partial charge in [0.25, 0.3) is 0 Å². The van der Waals surface area contributed by atoms with Gasteiger partial charge in [0.1, 0.15) is 0 Å². The number of rotatable bonds is 4. The minimum Gasteiger partial charge on any atom is -0.388 e. The second kappa shape index (κ2) is 5.36.